The zero-order valence-corrected chi connectivity index (χ0v) is 10.9. The average Bonchev–Trinajstić information content (AvgIpc) is 2.90. The molecule has 0 amide bonds. The maximum atomic E-state index is 10.2. The molecule has 2 unspecified atom stereocenters. The minimum atomic E-state index is -0.273. The maximum absolute atomic E-state index is 10.2. The molecule has 1 aromatic rings. The molecule has 1 N–H and O–H groups in total. The third-order valence-electron chi connectivity index (χ3n) is 3.11. The van der Waals surface area contributed by atoms with Crippen molar-refractivity contribution in [3.8, 4) is 0 Å². The summed E-state index contributed by atoms with van der Waals surface area (Å²) in [5.41, 5.74) is 1.11. The molecule has 1 saturated carbocycles. The van der Waals surface area contributed by atoms with E-state index in [-0.39, 0.29) is 6.10 Å². The number of rotatable bonds is 3. The number of halogens is 1. The van der Waals surface area contributed by atoms with Gasteiger partial charge in [0.05, 0.1) is 9.89 Å². The summed E-state index contributed by atoms with van der Waals surface area (Å²) >= 11 is 5.16. The molecule has 1 fully saturated rings. The fourth-order valence-electron chi connectivity index (χ4n) is 1.92. The summed E-state index contributed by atoms with van der Waals surface area (Å²) in [5.74, 6) is 1.17. The van der Waals surface area contributed by atoms with Gasteiger partial charge in [-0.1, -0.05) is 6.92 Å². The minimum absolute atomic E-state index is 0.273. The Morgan fingerprint density at radius 1 is 1.57 bits per heavy atom. The first-order valence-electron chi connectivity index (χ1n) is 5.03. The van der Waals surface area contributed by atoms with E-state index in [4.69, 9.17) is 0 Å². The number of aryl methyl sites for hydroxylation is 1. The zero-order chi connectivity index (χ0) is 10.3. The molecule has 0 spiro atoms. The maximum Gasteiger partial charge on any atom is 0.0829 e. The Balaban J connectivity index is 2.16. The quantitative estimate of drug-likeness (QED) is 0.887. The molecule has 0 aliphatic heterocycles. The molecule has 1 aliphatic rings. The van der Waals surface area contributed by atoms with Crippen molar-refractivity contribution < 1.29 is 5.11 Å². The van der Waals surface area contributed by atoms with Crippen LogP contribution in [-0.4, -0.2) is 5.11 Å². The highest BCUT2D eigenvalue weighted by Crippen LogP contribution is 2.44. The summed E-state index contributed by atoms with van der Waals surface area (Å²) in [4.78, 5) is 1.23. The van der Waals surface area contributed by atoms with E-state index in [1.807, 2.05) is 0 Å². The average molecular weight is 275 g/mol. The topological polar surface area (TPSA) is 20.2 Å². The van der Waals surface area contributed by atoms with E-state index in [1.54, 1.807) is 11.3 Å². The Morgan fingerprint density at radius 3 is 2.64 bits per heavy atom. The molecule has 0 aromatic carbocycles. The molecular weight excluding hydrogens is 260 g/mol. The molecule has 2 atom stereocenters. The van der Waals surface area contributed by atoms with E-state index in [2.05, 4.69) is 35.8 Å². The van der Waals surface area contributed by atoms with Crippen LogP contribution in [0, 0.1) is 18.8 Å². The largest absolute Gasteiger partial charge is 0.388 e. The lowest BCUT2D eigenvalue weighted by atomic mass is 9.94. The Morgan fingerprint density at radius 2 is 2.21 bits per heavy atom. The third-order valence-corrected chi connectivity index (χ3v) is 4.68. The van der Waals surface area contributed by atoms with Gasteiger partial charge in [-0.25, -0.2) is 0 Å². The monoisotopic (exact) mass is 274 g/mol. The summed E-state index contributed by atoms with van der Waals surface area (Å²) < 4.78 is 1.12. The molecule has 1 aliphatic carbocycles. The van der Waals surface area contributed by atoms with Crippen LogP contribution in [0.25, 0.3) is 0 Å². The van der Waals surface area contributed by atoms with Crippen LogP contribution in [0.15, 0.2) is 9.85 Å². The van der Waals surface area contributed by atoms with Gasteiger partial charge in [0, 0.05) is 4.88 Å². The minimum Gasteiger partial charge on any atom is -0.388 e. The van der Waals surface area contributed by atoms with Crippen molar-refractivity contribution in [2.75, 3.05) is 0 Å². The Hall–Kier alpha value is 0.140. The normalized spacial score (nSPS) is 20.9. The van der Waals surface area contributed by atoms with Gasteiger partial charge in [0.2, 0.25) is 0 Å². The Labute approximate surface area is 97.3 Å². The summed E-state index contributed by atoms with van der Waals surface area (Å²) in [6, 6.07) is 2.06. The molecule has 1 nitrogen and oxygen atoms in total. The first kappa shape index (κ1) is 10.7. The standard InChI is InChI=1S/C11H15BrOS/c1-6(8-3-4-8)11(13)9-5-10(12)14-7(9)2/h5-6,8,11,13H,3-4H2,1-2H3. The number of aliphatic hydroxyl groups excluding tert-OH is 1. The van der Waals surface area contributed by atoms with Crippen LogP contribution in [0.5, 0.6) is 0 Å². The summed E-state index contributed by atoms with van der Waals surface area (Å²) in [6.45, 7) is 4.24. The van der Waals surface area contributed by atoms with Crippen molar-refractivity contribution >= 4 is 27.3 Å². The van der Waals surface area contributed by atoms with Gasteiger partial charge in [-0.3, -0.25) is 0 Å². The van der Waals surface area contributed by atoms with Crippen molar-refractivity contribution in [1.82, 2.24) is 0 Å². The van der Waals surface area contributed by atoms with Crippen molar-refractivity contribution in [2.45, 2.75) is 32.8 Å². The highest BCUT2D eigenvalue weighted by atomic mass is 79.9. The van der Waals surface area contributed by atoms with Gasteiger partial charge in [0.25, 0.3) is 0 Å². The molecule has 1 aromatic heterocycles. The van der Waals surface area contributed by atoms with Crippen LogP contribution in [0.3, 0.4) is 0 Å². The van der Waals surface area contributed by atoms with Gasteiger partial charge in [0.1, 0.15) is 0 Å². The summed E-state index contributed by atoms with van der Waals surface area (Å²) in [7, 11) is 0. The van der Waals surface area contributed by atoms with E-state index < -0.39 is 0 Å². The van der Waals surface area contributed by atoms with Crippen LogP contribution in [0.1, 0.15) is 36.3 Å². The fraction of sp³-hybridized carbons (Fsp3) is 0.636. The van der Waals surface area contributed by atoms with Crippen molar-refractivity contribution in [2.24, 2.45) is 11.8 Å². The Kier molecular flexibility index (Phi) is 3.01. The lowest BCUT2D eigenvalue weighted by Crippen LogP contribution is -2.11. The van der Waals surface area contributed by atoms with Crippen molar-refractivity contribution in [1.29, 1.82) is 0 Å². The molecule has 0 radical (unpaired) electrons. The second kappa shape index (κ2) is 3.95. The van der Waals surface area contributed by atoms with Crippen molar-refractivity contribution in [3.63, 3.8) is 0 Å². The Bertz CT molecular complexity index is 330. The van der Waals surface area contributed by atoms with Gasteiger partial charge in [-0.2, -0.15) is 0 Å². The number of hydrogen-bond acceptors (Lipinski definition) is 2. The van der Waals surface area contributed by atoms with Gasteiger partial charge >= 0.3 is 0 Å². The number of thiophene rings is 1. The van der Waals surface area contributed by atoms with Gasteiger partial charge < -0.3 is 5.11 Å². The molecule has 14 heavy (non-hydrogen) atoms. The summed E-state index contributed by atoms with van der Waals surface area (Å²) in [6.07, 6.45) is 2.32. The van der Waals surface area contributed by atoms with Crippen molar-refractivity contribution in [3.05, 3.63) is 20.3 Å². The molecule has 0 bridgehead atoms. The van der Waals surface area contributed by atoms with Crippen LogP contribution in [-0.2, 0) is 0 Å². The van der Waals surface area contributed by atoms with Crippen LogP contribution in [0.4, 0.5) is 0 Å². The zero-order valence-electron chi connectivity index (χ0n) is 8.46. The van der Waals surface area contributed by atoms with Gasteiger partial charge in [-0.15, -0.1) is 11.3 Å². The van der Waals surface area contributed by atoms with Gasteiger partial charge in [-0.05, 0) is 59.2 Å². The lowest BCUT2D eigenvalue weighted by molar-refractivity contribution is 0.106. The van der Waals surface area contributed by atoms with E-state index in [9.17, 15) is 5.11 Å². The SMILES string of the molecule is Cc1sc(Br)cc1C(O)C(C)C1CC1. The molecule has 78 valence electrons. The molecule has 2 rings (SSSR count). The van der Waals surface area contributed by atoms with E-state index in [1.165, 1.54) is 17.7 Å². The summed E-state index contributed by atoms with van der Waals surface area (Å²) in [5, 5.41) is 10.2. The second-order valence-corrected chi connectivity index (χ2v) is 6.84. The van der Waals surface area contributed by atoms with Crippen LogP contribution >= 0.6 is 27.3 Å². The van der Waals surface area contributed by atoms with E-state index in [0.29, 0.717) is 5.92 Å². The molecular formula is C11H15BrOS. The second-order valence-electron chi connectivity index (χ2n) is 4.20. The number of aliphatic hydroxyl groups is 1. The fourth-order valence-corrected chi connectivity index (χ4v) is 3.67. The first-order chi connectivity index (χ1) is 6.59. The van der Waals surface area contributed by atoms with E-state index in [0.717, 1.165) is 15.3 Å². The molecule has 0 saturated heterocycles. The predicted molar refractivity (Wildman–Crippen MR) is 63.6 cm³/mol. The van der Waals surface area contributed by atoms with Crippen LogP contribution in [0.2, 0.25) is 0 Å². The predicted octanol–water partition coefficient (Wildman–Crippen LogP) is 3.90. The lowest BCUT2D eigenvalue weighted by Gasteiger charge is -2.18. The van der Waals surface area contributed by atoms with E-state index >= 15 is 0 Å². The number of hydrogen-bond donors (Lipinski definition) is 1. The molecule has 3 heteroatoms. The highest BCUT2D eigenvalue weighted by Gasteiger charge is 2.33. The smallest absolute Gasteiger partial charge is 0.0829 e. The highest BCUT2D eigenvalue weighted by molar-refractivity contribution is 9.11. The third kappa shape index (κ3) is 2.05. The first-order valence-corrected chi connectivity index (χ1v) is 6.64. The van der Waals surface area contributed by atoms with Crippen LogP contribution < -0.4 is 0 Å². The van der Waals surface area contributed by atoms with Gasteiger partial charge in [0.15, 0.2) is 0 Å². The molecule has 1 heterocycles.